The number of ether oxygens (including phenoxy) is 1. The van der Waals surface area contributed by atoms with Crippen molar-refractivity contribution in [3.8, 4) is 0 Å². The number of hydrogen-bond donors (Lipinski definition) is 4. The van der Waals surface area contributed by atoms with Crippen molar-refractivity contribution in [2.24, 2.45) is 0 Å². The van der Waals surface area contributed by atoms with Gasteiger partial charge < -0.3 is 29.7 Å². The lowest BCUT2D eigenvalue weighted by molar-refractivity contribution is -0.250. The van der Waals surface area contributed by atoms with Crippen LogP contribution in [-0.2, 0) is 11.2 Å². The number of fused-ring (bicyclic) bond motifs is 1. The van der Waals surface area contributed by atoms with Crippen LogP contribution in [0.3, 0.4) is 0 Å². The normalized spacial score (nSPS) is 29.4. The van der Waals surface area contributed by atoms with Gasteiger partial charge in [-0.15, -0.1) is 0 Å². The van der Waals surface area contributed by atoms with Gasteiger partial charge in [-0.05, 0) is 47.9 Å². The first-order chi connectivity index (χ1) is 14.6. The number of aliphatic hydroxyl groups excluding tert-OH is 4. The minimum absolute atomic E-state index is 0.444. The lowest BCUT2D eigenvalue weighted by Gasteiger charge is -2.40. The Hall–Kier alpha value is -2.22. The number of aliphatic hydroxyl groups is 4. The molecule has 0 amide bonds. The molecule has 2 heterocycles. The minimum Gasteiger partial charge on any atom is -0.394 e. The van der Waals surface area contributed by atoms with Gasteiger partial charge in [-0.2, -0.15) is 0 Å². The third-order valence-corrected chi connectivity index (χ3v) is 6.39. The zero-order valence-corrected chi connectivity index (χ0v) is 16.6. The maximum atomic E-state index is 10.6. The number of aromatic nitrogens is 1. The maximum Gasteiger partial charge on any atom is 0.163 e. The number of nitrogens with zero attached hydrogens (tertiary/aromatic N) is 1. The van der Waals surface area contributed by atoms with E-state index in [9.17, 15) is 20.4 Å². The van der Waals surface area contributed by atoms with E-state index in [-0.39, 0.29) is 0 Å². The summed E-state index contributed by atoms with van der Waals surface area (Å²) < 4.78 is 7.59. The molecular weight excluding hydrogens is 382 g/mol. The van der Waals surface area contributed by atoms with Crippen LogP contribution in [0.1, 0.15) is 41.7 Å². The monoisotopic (exact) mass is 409 g/mol. The predicted octanol–water partition coefficient (Wildman–Crippen LogP) is 2.08. The average molecular weight is 409 g/mol. The van der Waals surface area contributed by atoms with E-state index in [0.29, 0.717) is 0 Å². The van der Waals surface area contributed by atoms with E-state index >= 15 is 0 Å². The van der Waals surface area contributed by atoms with E-state index in [1.54, 1.807) is 4.57 Å². The number of para-hydroxylation sites is 1. The van der Waals surface area contributed by atoms with Gasteiger partial charge >= 0.3 is 0 Å². The summed E-state index contributed by atoms with van der Waals surface area (Å²) in [4.78, 5) is 0. The number of hydrogen-bond acceptors (Lipinski definition) is 5. The zero-order valence-electron chi connectivity index (χ0n) is 16.6. The summed E-state index contributed by atoms with van der Waals surface area (Å²) in [5, 5.41) is 41.5. The van der Waals surface area contributed by atoms with E-state index in [2.05, 4.69) is 24.3 Å². The summed E-state index contributed by atoms with van der Waals surface area (Å²) in [5.74, 6) is 0.729. The molecule has 30 heavy (non-hydrogen) atoms. The molecular formula is C24H27NO5. The van der Waals surface area contributed by atoms with Crippen molar-refractivity contribution in [2.45, 2.75) is 55.8 Å². The van der Waals surface area contributed by atoms with Gasteiger partial charge in [0.1, 0.15) is 24.4 Å². The van der Waals surface area contributed by atoms with Crippen molar-refractivity contribution in [3.63, 3.8) is 0 Å². The summed E-state index contributed by atoms with van der Waals surface area (Å²) in [6, 6.07) is 16.6. The van der Waals surface area contributed by atoms with Gasteiger partial charge in [0.05, 0.1) is 12.1 Å². The van der Waals surface area contributed by atoms with Gasteiger partial charge in [0.25, 0.3) is 0 Å². The molecule has 0 radical (unpaired) electrons. The quantitative estimate of drug-likeness (QED) is 0.518. The van der Waals surface area contributed by atoms with Crippen LogP contribution in [0.4, 0.5) is 0 Å². The Balaban J connectivity index is 1.49. The molecule has 1 aromatic heterocycles. The van der Waals surface area contributed by atoms with Crippen molar-refractivity contribution >= 4 is 10.9 Å². The van der Waals surface area contributed by atoms with Crippen LogP contribution < -0.4 is 0 Å². The fraction of sp³-hybridized carbons (Fsp3) is 0.417. The summed E-state index contributed by atoms with van der Waals surface area (Å²) >= 11 is 0. The third-order valence-electron chi connectivity index (χ3n) is 6.39. The molecule has 2 aliphatic rings. The van der Waals surface area contributed by atoms with Crippen molar-refractivity contribution < 1.29 is 25.2 Å². The smallest absolute Gasteiger partial charge is 0.163 e. The fourth-order valence-electron chi connectivity index (χ4n) is 4.48. The van der Waals surface area contributed by atoms with E-state index in [1.807, 2.05) is 30.5 Å². The highest BCUT2D eigenvalue weighted by molar-refractivity contribution is 5.84. The van der Waals surface area contributed by atoms with Crippen molar-refractivity contribution in [3.05, 3.63) is 71.4 Å². The molecule has 158 valence electrons. The van der Waals surface area contributed by atoms with Gasteiger partial charge in [-0.25, -0.2) is 0 Å². The Morgan fingerprint density at radius 3 is 2.33 bits per heavy atom. The summed E-state index contributed by atoms with van der Waals surface area (Å²) in [7, 11) is 0. The number of rotatable bonds is 5. The van der Waals surface area contributed by atoms with Gasteiger partial charge in [0.2, 0.25) is 0 Å². The molecule has 2 aromatic carbocycles. The highest BCUT2D eigenvalue weighted by atomic mass is 16.6. The SMILES string of the molecule is OC[C@H]1O[C@@H](n2cc(Cc3ccc(C4CC4)cc3)c3ccccc32)[C@H](O)[C@@H](O)[C@@H]1O. The Morgan fingerprint density at radius 1 is 0.900 bits per heavy atom. The molecule has 1 saturated heterocycles. The second-order valence-electron chi connectivity index (χ2n) is 8.49. The molecule has 3 aromatic rings. The van der Waals surface area contributed by atoms with Crippen LogP contribution in [0.2, 0.25) is 0 Å². The van der Waals surface area contributed by atoms with Crippen LogP contribution >= 0.6 is 0 Å². The summed E-state index contributed by atoms with van der Waals surface area (Å²) in [5.41, 5.74) is 4.56. The van der Waals surface area contributed by atoms with Crippen LogP contribution in [0.15, 0.2) is 54.7 Å². The molecule has 1 saturated carbocycles. The van der Waals surface area contributed by atoms with Crippen LogP contribution in [0.25, 0.3) is 10.9 Å². The molecule has 5 rings (SSSR count). The molecule has 0 spiro atoms. The minimum atomic E-state index is -1.40. The van der Waals surface area contributed by atoms with Crippen molar-refractivity contribution in [2.75, 3.05) is 6.61 Å². The molecule has 4 N–H and O–H groups in total. The molecule has 6 heteroatoms. The summed E-state index contributed by atoms with van der Waals surface area (Å²) in [6.07, 6.45) is -0.693. The second kappa shape index (κ2) is 7.80. The number of benzene rings is 2. The van der Waals surface area contributed by atoms with Crippen LogP contribution in [-0.4, -0.2) is 56.0 Å². The zero-order chi connectivity index (χ0) is 20.8. The van der Waals surface area contributed by atoms with Gasteiger partial charge in [-0.1, -0.05) is 42.5 Å². The largest absolute Gasteiger partial charge is 0.394 e. The summed E-state index contributed by atoms with van der Waals surface area (Å²) in [6.45, 7) is -0.444. The first-order valence-electron chi connectivity index (χ1n) is 10.5. The van der Waals surface area contributed by atoms with Crippen LogP contribution in [0.5, 0.6) is 0 Å². The Labute approximate surface area is 175 Å². The van der Waals surface area contributed by atoms with E-state index < -0.39 is 37.3 Å². The van der Waals surface area contributed by atoms with Gasteiger partial charge in [0.15, 0.2) is 6.23 Å². The second-order valence-corrected chi connectivity index (χ2v) is 8.49. The highest BCUT2D eigenvalue weighted by Crippen LogP contribution is 2.40. The lowest BCUT2D eigenvalue weighted by atomic mass is 9.98. The lowest BCUT2D eigenvalue weighted by Crippen LogP contribution is -2.56. The van der Waals surface area contributed by atoms with E-state index in [4.69, 9.17) is 4.74 Å². The average Bonchev–Trinajstić information content (AvgIpc) is 3.56. The first-order valence-corrected chi connectivity index (χ1v) is 10.5. The Kier molecular flexibility index (Phi) is 5.13. The Bertz CT molecular complexity index is 1020. The molecule has 1 aliphatic carbocycles. The van der Waals surface area contributed by atoms with Crippen LogP contribution in [0, 0.1) is 0 Å². The maximum absolute atomic E-state index is 10.6. The van der Waals surface area contributed by atoms with E-state index in [0.717, 1.165) is 28.8 Å². The standard InChI is InChI=1S/C24H27NO5/c26-13-20-21(27)22(28)23(29)24(30-20)25-12-17(18-3-1-2-4-19(18)25)11-14-5-7-15(8-6-14)16-9-10-16/h1-8,12,16,20-24,26-29H,9-11,13H2/t20-,21-,22+,23-,24-/m1/s1. The molecule has 0 unspecified atom stereocenters. The third kappa shape index (κ3) is 3.45. The highest BCUT2D eigenvalue weighted by Gasteiger charge is 2.44. The van der Waals surface area contributed by atoms with Gasteiger partial charge in [-0.3, -0.25) is 0 Å². The van der Waals surface area contributed by atoms with E-state index in [1.165, 1.54) is 24.0 Å². The molecule has 0 bridgehead atoms. The molecule has 5 atom stereocenters. The van der Waals surface area contributed by atoms with Gasteiger partial charge in [0, 0.05) is 11.6 Å². The fourth-order valence-corrected chi connectivity index (χ4v) is 4.48. The predicted molar refractivity (Wildman–Crippen MR) is 112 cm³/mol. The Morgan fingerprint density at radius 2 is 1.63 bits per heavy atom. The first kappa shape index (κ1) is 19.7. The topological polar surface area (TPSA) is 95.1 Å². The van der Waals surface area contributed by atoms with Crippen molar-refractivity contribution in [1.29, 1.82) is 0 Å². The van der Waals surface area contributed by atoms with Crippen molar-refractivity contribution in [1.82, 2.24) is 4.57 Å². The molecule has 1 aliphatic heterocycles. The molecule has 6 nitrogen and oxygen atoms in total. The molecule has 2 fully saturated rings.